The van der Waals surface area contributed by atoms with E-state index in [4.69, 9.17) is 15.5 Å². The highest BCUT2D eigenvalue weighted by atomic mass is 32.1. The number of halogens is 1. The van der Waals surface area contributed by atoms with Gasteiger partial charge in [-0.05, 0) is 54.8 Å². The van der Waals surface area contributed by atoms with Crippen LogP contribution >= 0.6 is 11.3 Å². The van der Waals surface area contributed by atoms with Crippen LogP contribution in [0, 0.1) is 5.92 Å². The Bertz CT molecular complexity index is 1390. The van der Waals surface area contributed by atoms with E-state index in [2.05, 4.69) is 22.1 Å². The number of hydrogen-bond acceptors (Lipinski definition) is 5. The van der Waals surface area contributed by atoms with E-state index in [0.29, 0.717) is 23.4 Å². The van der Waals surface area contributed by atoms with Gasteiger partial charge in [0.1, 0.15) is 17.4 Å². The van der Waals surface area contributed by atoms with Crippen LogP contribution in [0.15, 0.2) is 29.6 Å². The van der Waals surface area contributed by atoms with Gasteiger partial charge in [0.25, 0.3) is 5.91 Å². The Morgan fingerprint density at radius 1 is 1.29 bits per heavy atom. The third-order valence-corrected chi connectivity index (χ3v) is 7.86. The van der Waals surface area contributed by atoms with E-state index in [1.807, 2.05) is 11.6 Å². The highest BCUT2D eigenvalue weighted by Gasteiger charge is 2.30. The van der Waals surface area contributed by atoms with Gasteiger partial charge in [-0.25, -0.2) is 9.37 Å². The Kier molecular flexibility index (Phi) is 5.14. The average Bonchev–Trinajstić information content (AvgIpc) is 3.26. The highest BCUT2D eigenvalue weighted by Crippen LogP contribution is 2.39. The summed E-state index contributed by atoms with van der Waals surface area (Å²) in [6.45, 7) is 1.39. The van der Waals surface area contributed by atoms with Crippen molar-refractivity contribution in [3.05, 3.63) is 35.2 Å². The van der Waals surface area contributed by atoms with Crippen LogP contribution in [0.25, 0.3) is 32.8 Å². The molecule has 2 aliphatic rings. The van der Waals surface area contributed by atoms with Crippen molar-refractivity contribution in [2.75, 3.05) is 20.2 Å². The Labute approximate surface area is 200 Å². The summed E-state index contributed by atoms with van der Waals surface area (Å²) in [5.74, 6) is 1.88. The van der Waals surface area contributed by atoms with Gasteiger partial charge in [0, 0.05) is 31.7 Å². The third-order valence-electron chi connectivity index (χ3n) is 7.01. The Morgan fingerprint density at radius 2 is 2.12 bits per heavy atom. The lowest BCUT2D eigenvalue weighted by atomic mass is 10.0. The first-order valence-corrected chi connectivity index (χ1v) is 12.6. The molecular weight excluding hydrogens is 453 g/mol. The topological polar surface area (TPSA) is 78.3 Å². The molecule has 1 aliphatic carbocycles. The van der Waals surface area contributed by atoms with E-state index >= 15 is 0 Å². The second-order valence-electron chi connectivity index (χ2n) is 9.60. The van der Waals surface area contributed by atoms with Crippen LogP contribution in [0.5, 0.6) is 5.75 Å². The number of thiophene rings is 1. The molecule has 34 heavy (non-hydrogen) atoms. The predicted molar refractivity (Wildman–Crippen MR) is 132 cm³/mol. The molecule has 0 unspecified atom stereocenters. The Balaban J connectivity index is 1.45. The second kappa shape index (κ2) is 8.09. The van der Waals surface area contributed by atoms with Crippen molar-refractivity contribution in [3.8, 4) is 17.3 Å². The zero-order valence-electron chi connectivity index (χ0n) is 19.3. The number of aryl methyl sites for hydroxylation is 1. The van der Waals surface area contributed by atoms with Gasteiger partial charge < -0.3 is 24.5 Å². The van der Waals surface area contributed by atoms with E-state index in [0.717, 1.165) is 29.5 Å². The van der Waals surface area contributed by atoms with E-state index in [1.54, 1.807) is 30.6 Å². The minimum Gasteiger partial charge on any atom is -0.494 e. The molecule has 178 valence electrons. The lowest BCUT2D eigenvalue weighted by Gasteiger charge is -2.33. The average molecular weight is 482 g/mol. The maximum Gasteiger partial charge on any atom is 0.254 e. The number of alkyl halides is 1. The number of carbonyl (C=O) groups excluding carboxylic acids is 1. The summed E-state index contributed by atoms with van der Waals surface area (Å²) in [6, 6.07) is 7.54. The monoisotopic (exact) mass is 481 g/mol. The Hall–Kier alpha value is -2.91. The van der Waals surface area contributed by atoms with Crippen molar-refractivity contribution in [1.29, 1.82) is 0 Å². The fraction of sp³-hybridized carbons (Fsp3) is 0.440. The maximum absolute atomic E-state index is 14.1. The summed E-state index contributed by atoms with van der Waals surface area (Å²) in [5.41, 5.74) is 10.2. The summed E-state index contributed by atoms with van der Waals surface area (Å²) in [7, 11) is 3.57. The number of benzene rings is 1. The standard InChI is InChI=1S/C25H28FN5O2S/c1-29-23-18(7-15(8-21(23)33-2)25(32)30-12-16(26)9-17(27)13-30)28-24(29)20-10-22-19(5-6-34-22)31(20)11-14-3-4-14/h5-8,10,14,16-17H,3-4,9,11-13,27H2,1-2H3/t16-,17-/m1/s1. The number of methoxy groups -OCH3 is 1. The Morgan fingerprint density at radius 3 is 2.85 bits per heavy atom. The second-order valence-corrected chi connectivity index (χ2v) is 10.5. The van der Waals surface area contributed by atoms with Gasteiger partial charge >= 0.3 is 0 Å². The largest absolute Gasteiger partial charge is 0.494 e. The van der Waals surface area contributed by atoms with Crippen LogP contribution in [-0.2, 0) is 13.6 Å². The van der Waals surface area contributed by atoms with E-state index in [9.17, 15) is 9.18 Å². The number of nitrogens with two attached hydrogens (primary N) is 1. The number of fused-ring (bicyclic) bond motifs is 2. The van der Waals surface area contributed by atoms with Gasteiger partial charge in [-0.3, -0.25) is 4.79 Å². The van der Waals surface area contributed by atoms with Gasteiger partial charge in [0.15, 0.2) is 5.82 Å². The molecule has 2 fully saturated rings. The molecule has 1 aliphatic heterocycles. The molecule has 1 saturated heterocycles. The molecule has 1 aromatic carbocycles. The lowest BCUT2D eigenvalue weighted by Crippen LogP contribution is -2.50. The molecular formula is C25H28FN5O2S. The molecule has 0 bridgehead atoms. The highest BCUT2D eigenvalue weighted by molar-refractivity contribution is 7.17. The van der Waals surface area contributed by atoms with Gasteiger partial charge in [-0.2, -0.15) is 0 Å². The van der Waals surface area contributed by atoms with Crippen LogP contribution in [0.4, 0.5) is 4.39 Å². The summed E-state index contributed by atoms with van der Waals surface area (Å²) >= 11 is 1.73. The molecule has 1 saturated carbocycles. The van der Waals surface area contributed by atoms with Crippen LogP contribution in [0.3, 0.4) is 0 Å². The molecule has 9 heteroatoms. The molecule has 2 atom stereocenters. The summed E-state index contributed by atoms with van der Waals surface area (Å²) in [4.78, 5) is 19.7. The quantitative estimate of drug-likeness (QED) is 0.464. The zero-order chi connectivity index (χ0) is 23.6. The first-order chi connectivity index (χ1) is 16.4. The van der Waals surface area contributed by atoms with E-state index in [1.165, 1.54) is 28.0 Å². The van der Waals surface area contributed by atoms with Crippen LogP contribution in [0.2, 0.25) is 0 Å². The van der Waals surface area contributed by atoms with Crippen molar-refractivity contribution in [1.82, 2.24) is 19.0 Å². The number of hydrogen-bond donors (Lipinski definition) is 1. The first kappa shape index (κ1) is 21.6. The number of ether oxygens (including phenoxy) is 1. The molecule has 3 aromatic heterocycles. The number of likely N-dealkylation sites (tertiary alicyclic amines) is 1. The van der Waals surface area contributed by atoms with Crippen LogP contribution < -0.4 is 10.5 Å². The number of carbonyl (C=O) groups is 1. The molecule has 7 nitrogen and oxygen atoms in total. The summed E-state index contributed by atoms with van der Waals surface area (Å²) < 4.78 is 25.4. The third kappa shape index (κ3) is 3.58. The van der Waals surface area contributed by atoms with Crippen molar-refractivity contribution in [3.63, 3.8) is 0 Å². The number of nitrogens with zero attached hydrogens (tertiary/aromatic N) is 4. The maximum atomic E-state index is 14.1. The zero-order valence-corrected chi connectivity index (χ0v) is 20.1. The minimum absolute atomic E-state index is 0.0613. The van der Waals surface area contributed by atoms with E-state index in [-0.39, 0.29) is 24.9 Å². The first-order valence-electron chi connectivity index (χ1n) is 11.7. The normalized spacial score (nSPS) is 21.0. The molecule has 4 aromatic rings. The number of piperidine rings is 1. The van der Waals surface area contributed by atoms with Gasteiger partial charge in [0.05, 0.1) is 35.1 Å². The van der Waals surface area contributed by atoms with Gasteiger partial charge in [-0.1, -0.05) is 0 Å². The van der Waals surface area contributed by atoms with Crippen molar-refractivity contribution < 1.29 is 13.9 Å². The predicted octanol–water partition coefficient (Wildman–Crippen LogP) is 4.19. The summed E-state index contributed by atoms with van der Waals surface area (Å²) in [6.07, 6.45) is 1.72. The SMILES string of the molecule is COc1cc(C(=O)N2C[C@H](N)C[C@@H](F)C2)cc2nc(-c3cc4sccc4n3CC3CC3)n(C)c12. The molecule has 2 N–H and O–H groups in total. The van der Waals surface area contributed by atoms with Crippen LogP contribution in [-0.4, -0.2) is 57.3 Å². The number of amides is 1. The fourth-order valence-corrected chi connectivity index (χ4v) is 5.98. The summed E-state index contributed by atoms with van der Waals surface area (Å²) in [5, 5.41) is 2.13. The van der Waals surface area contributed by atoms with Gasteiger partial charge in [0.2, 0.25) is 0 Å². The molecule has 6 rings (SSSR count). The van der Waals surface area contributed by atoms with Crippen molar-refractivity contribution >= 4 is 38.5 Å². The smallest absolute Gasteiger partial charge is 0.254 e. The molecule has 0 spiro atoms. The minimum atomic E-state index is -1.10. The van der Waals surface area contributed by atoms with Gasteiger partial charge in [-0.15, -0.1) is 11.3 Å². The van der Waals surface area contributed by atoms with Crippen molar-refractivity contribution in [2.45, 2.75) is 38.0 Å². The van der Waals surface area contributed by atoms with E-state index < -0.39 is 6.17 Å². The number of imidazole rings is 1. The molecule has 0 radical (unpaired) electrons. The number of rotatable bonds is 5. The molecule has 4 heterocycles. The molecule has 1 amide bonds. The van der Waals surface area contributed by atoms with Crippen LogP contribution in [0.1, 0.15) is 29.6 Å². The number of aromatic nitrogens is 3. The lowest BCUT2D eigenvalue weighted by molar-refractivity contribution is 0.0606. The van der Waals surface area contributed by atoms with Crippen molar-refractivity contribution in [2.24, 2.45) is 18.7 Å². The fourth-order valence-electron chi connectivity index (χ4n) is 5.16.